The van der Waals surface area contributed by atoms with Crippen LogP contribution in [0, 0.1) is 0 Å². The molecule has 0 unspecified atom stereocenters. The summed E-state index contributed by atoms with van der Waals surface area (Å²) in [7, 11) is 0. The zero-order chi connectivity index (χ0) is 10.6. The molecule has 0 aromatic heterocycles. The van der Waals surface area contributed by atoms with Gasteiger partial charge in [0.2, 0.25) is 5.91 Å². The molecule has 1 amide bonds. The van der Waals surface area contributed by atoms with Crippen LogP contribution in [0.1, 0.15) is 46.5 Å². The van der Waals surface area contributed by atoms with E-state index in [1.54, 1.807) is 6.92 Å². The van der Waals surface area contributed by atoms with Crippen LogP contribution in [0.25, 0.3) is 0 Å². The van der Waals surface area contributed by atoms with Crippen molar-refractivity contribution in [3.05, 3.63) is 0 Å². The highest BCUT2D eigenvalue weighted by molar-refractivity contribution is 5.73. The number of hydrogen-bond donors (Lipinski definition) is 2. The van der Waals surface area contributed by atoms with Crippen LogP contribution in [0.5, 0.6) is 0 Å². The molecule has 0 bridgehead atoms. The summed E-state index contributed by atoms with van der Waals surface area (Å²) in [5.41, 5.74) is 0.0394. The summed E-state index contributed by atoms with van der Waals surface area (Å²) < 4.78 is 0. The van der Waals surface area contributed by atoms with Gasteiger partial charge in [0.15, 0.2) is 0 Å². The normalized spacial score (nSPS) is 32.6. The van der Waals surface area contributed by atoms with E-state index in [0.717, 1.165) is 19.4 Å². The van der Waals surface area contributed by atoms with Gasteiger partial charge in [0.05, 0.1) is 0 Å². The van der Waals surface area contributed by atoms with E-state index in [4.69, 9.17) is 0 Å². The van der Waals surface area contributed by atoms with Crippen LogP contribution < -0.4 is 10.6 Å². The smallest absolute Gasteiger partial charge is 0.217 e. The monoisotopic (exact) mass is 198 g/mol. The van der Waals surface area contributed by atoms with Crippen molar-refractivity contribution in [3.8, 4) is 0 Å². The molecule has 14 heavy (non-hydrogen) atoms. The maximum atomic E-state index is 11.0. The summed E-state index contributed by atoms with van der Waals surface area (Å²) in [6.07, 6.45) is 4.52. The SMILES string of the molecule is CCN[C@H]1CC[C@](C)(NC(C)=O)CC1. The molecule has 1 aliphatic rings. The molecular weight excluding hydrogens is 176 g/mol. The van der Waals surface area contributed by atoms with Crippen molar-refractivity contribution in [2.75, 3.05) is 6.54 Å². The zero-order valence-corrected chi connectivity index (χ0v) is 9.52. The van der Waals surface area contributed by atoms with Crippen molar-refractivity contribution in [1.29, 1.82) is 0 Å². The highest BCUT2D eigenvalue weighted by Gasteiger charge is 2.30. The third-order valence-corrected chi connectivity index (χ3v) is 3.06. The first-order valence-electron chi connectivity index (χ1n) is 5.58. The van der Waals surface area contributed by atoms with Crippen LogP contribution in [0.3, 0.4) is 0 Å². The van der Waals surface area contributed by atoms with E-state index < -0.39 is 0 Å². The second-order valence-electron chi connectivity index (χ2n) is 4.57. The lowest BCUT2D eigenvalue weighted by atomic mass is 9.81. The predicted octanol–water partition coefficient (Wildman–Crippen LogP) is 1.43. The second-order valence-corrected chi connectivity index (χ2v) is 4.57. The molecular formula is C11H22N2O. The zero-order valence-electron chi connectivity index (χ0n) is 9.52. The minimum absolute atomic E-state index is 0.0394. The summed E-state index contributed by atoms with van der Waals surface area (Å²) in [4.78, 5) is 11.0. The standard InChI is InChI=1S/C11H22N2O/c1-4-12-10-5-7-11(3,8-6-10)13-9(2)14/h10,12H,4-8H2,1-3H3,(H,13,14)/t10-,11-. The van der Waals surface area contributed by atoms with Gasteiger partial charge in [-0.05, 0) is 39.2 Å². The van der Waals surface area contributed by atoms with Crippen LogP contribution in [-0.2, 0) is 4.79 Å². The maximum absolute atomic E-state index is 11.0. The first-order chi connectivity index (χ1) is 6.56. The number of carbonyl (C=O) groups is 1. The lowest BCUT2D eigenvalue weighted by molar-refractivity contribution is -0.121. The lowest BCUT2D eigenvalue weighted by Gasteiger charge is -2.38. The number of amides is 1. The fourth-order valence-electron chi connectivity index (χ4n) is 2.30. The first-order valence-corrected chi connectivity index (χ1v) is 5.58. The second kappa shape index (κ2) is 4.78. The van der Waals surface area contributed by atoms with Crippen LogP contribution in [0.2, 0.25) is 0 Å². The van der Waals surface area contributed by atoms with Crippen LogP contribution in [0.4, 0.5) is 0 Å². The maximum Gasteiger partial charge on any atom is 0.217 e. The highest BCUT2D eigenvalue weighted by atomic mass is 16.1. The molecule has 3 nitrogen and oxygen atoms in total. The summed E-state index contributed by atoms with van der Waals surface area (Å²) in [6.45, 7) is 6.93. The molecule has 0 saturated heterocycles. The van der Waals surface area contributed by atoms with Gasteiger partial charge in [0.1, 0.15) is 0 Å². The fourth-order valence-corrected chi connectivity index (χ4v) is 2.30. The molecule has 82 valence electrons. The molecule has 1 saturated carbocycles. The Morgan fingerprint density at radius 2 is 2.00 bits per heavy atom. The van der Waals surface area contributed by atoms with E-state index in [2.05, 4.69) is 24.5 Å². The van der Waals surface area contributed by atoms with E-state index in [-0.39, 0.29) is 11.4 Å². The molecule has 1 fully saturated rings. The predicted molar refractivity (Wildman–Crippen MR) is 58.2 cm³/mol. The van der Waals surface area contributed by atoms with Crippen LogP contribution >= 0.6 is 0 Å². The van der Waals surface area contributed by atoms with Crippen molar-refractivity contribution < 1.29 is 4.79 Å². The summed E-state index contributed by atoms with van der Waals surface area (Å²) in [5, 5.41) is 6.52. The number of hydrogen-bond acceptors (Lipinski definition) is 2. The molecule has 2 N–H and O–H groups in total. The topological polar surface area (TPSA) is 41.1 Å². The largest absolute Gasteiger partial charge is 0.351 e. The molecule has 0 aliphatic heterocycles. The van der Waals surface area contributed by atoms with Crippen LogP contribution in [0.15, 0.2) is 0 Å². The Hall–Kier alpha value is -0.570. The van der Waals surface area contributed by atoms with Gasteiger partial charge in [-0.1, -0.05) is 6.92 Å². The third kappa shape index (κ3) is 3.29. The Morgan fingerprint density at radius 3 is 2.43 bits per heavy atom. The van der Waals surface area contributed by atoms with Gasteiger partial charge in [-0.2, -0.15) is 0 Å². The Bertz CT molecular complexity index is 195. The van der Waals surface area contributed by atoms with E-state index in [9.17, 15) is 4.79 Å². The van der Waals surface area contributed by atoms with Gasteiger partial charge in [0.25, 0.3) is 0 Å². The van der Waals surface area contributed by atoms with E-state index in [0.29, 0.717) is 6.04 Å². The molecule has 0 radical (unpaired) electrons. The Kier molecular flexibility index (Phi) is 3.93. The lowest BCUT2D eigenvalue weighted by Crippen LogP contribution is -2.50. The summed E-state index contributed by atoms with van der Waals surface area (Å²) in [5.74, 6) is 0.0920. The minimum Gasteiger partial charge on any atom is -0.351 e. The summed E-state index contributed by atoms with van der Waals surface area (Å²) in [6, 6.07) is 0.654. The molecule has 0 heterocycles. The van der Waals surface area contributed by atoms with Gasteiger partial charge in [-0.25, -0.2) is 0 Å². The van der Waals surface area contributed by atoms with Gasteiger partial charge in [-0.15, -0.1) is 0 Å². The highest BCUT2D eigenvalue weighted by Crippen LogP contribution is 2.27. The van der Waals surface area contributed by atoms with Crippen molar-refractivity contribution in [2.24, 2.45) is 0 Å². The van der Waals surface area contributed by atoms with E-state index in [1.165, 1.54) is 12.8 Å². The van der Waals surface area contributed by atoms with Crippen LogP contribution in [-0.4, -0.2) is 24.0 Å². The number of rotatable bonds is 3. The first kappa shape index (κ1) is 11.5. The number of carbonyl (C=O) groups excluding carboxylic acids is 1. The van der Waals surface area contributed by atoms with Crippen molar-refractivity contribution in [1.82, 2.24) is 10.6 Å². The fraction of sp³-hybridized carbons (Fsp3) is 0.909. The minimum atomic E-state index is 0.0394. The average Bonchev–Trinajstić information content (AvgIpc) is 2.08. The molecule has 3 heteroatoms. The molecule has 0 atom stereocenters. The summed E-state index contributed by atoms with van der Waals surface area (Å²) >= 11 is 0. The van der Waals surface area contributed by atoms with Crippen molar-refractivity contribution in [2.45, 2.75) is 58.0 Å². The van der Waals surface area contributed by atoms with Crippen molar-refractivity contribution in [3.63, 3.8) is 0 Å². The average molecular weight is 198 g/mol. The van der Waals surface area contributed by atoms with E-state index >= 15 is 0 Å². The Morgan fingerprint density at radius 1 is 1.43 bits per heavy atom. The van der Waals surface area contributed by atoms with Gasteiger partial charge < -0.3 is 10.6 Å². The van der Waals surface area contributed by atoms with Crippen molar-refractivity contribution >= 4 is 5.91 Å². The van der Waals surface area contributed by atoms with Gasteiger partial charge in [0, 0.05) is 18.5 Å². The van der Waals surface area contributed by atoms with E-state index in [1.807, 2.05) is 0 Å². The molecule has 1 aliphatic carbocycles. The number of nitrogens with one attached hydrogen (secondary N) is 2. The third-order valence-electron chi connectivity index (χ3n) is 3.06. The van der Waals surface area contributed by atoms with Gasteiger partial charge >= 0.3 is 0 Å². The Balaban J connectivity index is 2.36. The molecule has 0 aromatic carbocycles. The molecule has 0 spiro atoms. The molecule has 0 aromatic rings. The quantitative estimate of drug-likeness (QED) is 0.720. The van der Waals surface area contributed by atoms with Gasteiger partial charge in [-0.3, -0.25) is 4.79 Å². The molecule has 1 rings (SSSR count). The Labute approximate surface area is 86.6 Å².